The van der Waals surface area contributed by atoms with Crippen LogP contribution in [0.25, 0.3) is 0 Å². The van der Waals surface area contributed by atoms with Gasteiger partial charge in [0.1, 0.15) is 0 Å². The van der Waals surface area contributed by atoms with Crippen LogP contribution < -0.4 is 10.6 Å². The highest BCUT2D eigenvalue weighted by Crippen LogP contribution is 2.08. The normalized spacial score (nSPS) is 12.7. The van der Waals surface area contributed by atoms with Gasteiger partial charge >= 0.3 is 0 Å². The standard InChI is InChI=1S/C13H24N4O2/c1-10(2)17-9-14-7-12(17)8-16-11(3)13(18)15-5-6-19-4/h7,9-11,16H,5-6,8H2,1-4H3,(H,15,18). The van der Waals surface area contributed by atoms with Gasteiger partial charge in [-0.2, -0.15) is 0 Å². The number of imidazole rings is 1. The fraction of sp³-hybridized carbons (Fsp3) is 0.692. The zero-order chi connectivity index (χ0) is 14.3. The van der Waals surface area contributed by atoms with Crippen molar-refractivity contribution in [3.63, 3.8) is 0 Å². The van der Waals surface area contributed by atoms with E-state index >= 15 is 0 Å². The Labute approximate surface area is 114 Å². The van der Waals surface area contributed by atoms with Crippen molar-refractivity contribution in [3.05, 3.63) is 18.2 Å². The minimum Gasteiger partial charge on any atom is -0.383 e. The van der Waals surface area contributed by atoms with Gasteiger partial charge in [0.15, 0.2) is 0 Å². The van der Waals surface area contributed by atoms with Crippen LogP contribution in [0.5, 0.6) is 0 Å². The van der Waals surface area contributed by atoms with E-state index < -0.39 is 0 Å². The molecule has 0 aliphatic heterocycles. The molecule has 2 N–H and O–H groups in total. The lowest BCUT2D eigenvalue weighted by atomic mass is 10.3. The van der Waals surface area contributed by atoms with Gasteiger partial charge in [0.05, 0.1) is 24.7 Å². The van der Waals surface area contributed by atoms with E-state index in [9.17, 15) is 4.79 Å². The third kappa shape index (κ3) is 5.00. The van der Waals surface area contributed by atoms with E-state index in [1.54, 1.807) is 7.11 Å². The molecule has 1 aromatic heterocycles. The molecule has 6 heteroatoms. The lowest BCUT2D eigenvalue weighted by Crippen LogP contribution is -2.43. The molecule has 108 valence electrons. The van der Waals surface area contributed by atoms with Crippen molar-refractivity contribution in [2.45, 2.75) is 39.4 Å². The fourth-order valence-corrected chi connectivity index (χ4v) is 1.71. The van der Waals surface area contributed by atoms with Crippen LogP contribution in [0.1, 0.15) is 32.5 Å². The molecule has 0 fully saturated rings. The maximum absolute atomic E-state index is 11.7. The minimum atomic E-state index is -0.243. The fourth-order valence-electron chi connectivity index (χ4n) is 1.71. The van der Waals surface area contributed by atoms with Crippen LogP contribution in [-0.4, -0.2) is 41.8 Å². The molecule has 1 amide bonds. The number of nitrogens with zero attached hydrogens (tertiary/aromatic N) is 2. The van der Waals surface area contributed by atoms with Gasteiger partial charge in [-0.05, 0) is 20.8 Å². The Bertz CT molecular complexity index is 390. The molecule has 0 spiro atoms. The van der Waals surface area contributed by atoms with Crippen LogP contribution in [0.15, 0.2) is 12.5 Å². The summed E-state index contributed by atoms with van der Waals surface area (Å²) in [5.74, 6) is -0.0207. The molecule has 0 aliphatic carbocycles. The van der Waals surface area contributed by atoms with Crippen LogP contribution in [-0.2, 0) is 16.1 Å². The molecule has 1 aromatic rings. The Kier molecular flexibility index (Phi) is 6.52. The average Bonchev–Trinajstić information content (AvgIpc) is 2.84. The average molecular weight is 268 g/mol. The predicted octanol–water partition coefficient (Wildman–Crippen LogP) is 0.705. The number of hydrogen-bond acceptors (Lipinski definition) is 4. The summed E-state index contributed by atoms with van der Waals surface area (Å²) in [6, 6.07) is 0.123. The van der Waals surface area contributed by atoms with Crippen molar-refractivity contribution in [3.8, 4) is 0 Å². The summed E-state index contributed by atoms with van der Waals surface area (Å²) in [4.78, 5) is 15.9. The molecule has 0 aromatic carbocycles. The predicted molar refractivity (Wildman–Crippen MR) is 73.8 cm³/mol. The molecule has 6 nitrogen and oxygen atoms in total. The lowest BCUT2D eigenvalue weighted by Gasteiger charge is -2.16. The summed E-state index contributed by atoms with van der Waals surface area (Å²) in [7, 11) is 1.61. The molecule has 1 atom stereocenters. The van der Waals surface area contributed by atoms with Crippen LogP contribution in [0.4, 0.5) is 0 Å². The van der Waals surface area contributed by atoms with Gasteiger partial charge < -0.3 is 19.9 Å². The quantitative estimate of drug-likeness (QED) is 0.681. The second-order valence-corrected chi connectivity index (χ2v) is 4.77. The van der Waals surface area contributed by atoms with E-state index in [0.717, 1.165) is 5.69 Å². The van der Waals surface area contributed by atoms with Crippen molar-refractivity contribution in [2.75, 3.05) is 20.3 Å². The Hall–Kier alpha value is -1.40. The Morgan fingerprint density at radius 2 is 2.21 bits per heavy atom. The van der Waals surface area contributed by atoms with Gasteiger partial charge in [-0.15, -0.1) is 0 Å². The molecule has 1 rings (SSSR count). The topological polar surface area (TPSA) is 68.2 Å². The Balaban J connectivity index is 2.38. The summed E-state index contributed by atoms with van der Waals surface area (Å²) in [5.41, 5.74) is 1.08. The number of methoxy groups -OCH3 is 1. The summed E-state index contributed by atoms with van der Waals surface area (Å²) in [6.45, 7) is 7.73. The van der Waals surface area contributed by atoms with E-state index in [1.807, 2.05) is 19.4 Å². The van der Waals surface area contributed by atoms with E-state index in [4.69, 9.17) is 4.74 Å². The molecule has 0 radical (unpaired) electrons. The van der Waals surface area contributed by atoms with Crippen molar-refractivity contribution in [1.82, 2.24) is 20.2 Å². The van der Waals surface area contributed by atoms with E-state index in [2.05, 4.69) is 34.0 Å². The number of ether oxygens (including phenoxy) is 1. The number of rotatable bonds is 8. The molecule has 0 aliphatic rings. The maximum atomic E-state index is 11.7. The SMILES string of the molecule is COCCNC(=O)C(C)NCc1cncn1C(C)C. The summed E-state index contributed by atoms with van der Waals surface area (Å²) in [6.07, 6.45) is 3.63. The minimum absolute atomic E-state index is 0.0207. The van der Waals surface area contributed by atoms with E-state index in [1.165, 1.54) is 0 Å². The van der Waals surface area contributed by atoms with Crippen molar-refractivity contribution >= 4 is 5.91 Å². The number of amides is 1. The van der Waals surface area contributed by atoms with Crippen LogP contribution in [0.3, 0.4) is 0 Å². The molecule has 0 bridgehead atoms. The highest BCUT2D eigenvalue weighted by molar-refractivity contribution is 5.81. The van der Waals surface area contributed by atoms with Gasteiger partial charge in [-0.1, -0.05) is 0 Å². The number of carbonyl (C=O) groups excluding carboxylic acids is 1. The lowest BCUT2D eigenvalue weighted by molar-refractivity contribution is -0.123. The third-order valence-electron chi connectivity index (χ3n) is 2.89. The summed E-state index contributed by atoms with van der Waals surface area (Å²) in [5, 5.41) is 6.00. The number of nitrogens with one attached hydrogen (secondary N) is 2. The zero-order valence-electron chi connectivity index (χ0n) is 12.1. The summed E-state index contributed by atoms with van der Waals surface area (Å²) < 4.78 is 6.97. The van der Waals surface area contributed by atoms with Gasteiger partial charge in [-0.3, -0.25) is 4.79 Å². The number of carbonyl (C=O) groups is 1. The largest absolute Gasteiger partial charge is 0.383 e. The second kappa shape index (κ2) is 7.91. The molecule has 0 saturated heterocycles. The van der Waals surface area contributed by atoms with Gasteiger partial charge in [-0.25, -0.2) is 4.98 Å². The van der Waals surface area contributed by atoms with Gasteiger partial charge in [0, 0.05) is 32.4 Å². The highest BCUT2D eigenvalue weighted by atomic mass is 16.5. The maximum Gasteiger partial charge on any atom is 0.236 e. The van der Waals surface area contributed by atoms with Crippen molar-refractivity contribution in [2.24, 2.45) is 0 Å². The molecule has 0 saturated carbocycles. The molecular formula is C13H24N4O2. The Morgan fingerprint density at radius 3 is 2.84 bits per heavy atom. The Morgan fingerprint density at radius 1 is 1.47 bits per heavy atom. The van der Waals surface area contributed by atoms with Crippen molar-refractivity contribution < 1.29 is 9.53 Å². The molecule has 1 unspecified atom stereocenters. The molecule has 19 heavy (non-hydrogen) atoms. The number of aromatic nitrogens is 2. The highest BCUT2D eigenvalue weighted by Gasteiger charge is 2.13. The van der Waals surface area contributed by atoms with Crippen LogP contribution in [0.2, 0.25) is 0 Å². The molecule has 1 heterocycles. The monoisotopic (exact) mass is 268 g/mol. The van der Waals surface area contributed by atoms with Crippen LogP contribution >= 0.6 is 0 Å². The van der Waals surface area contributed by atoms with E-state index in [0.29, 0.717) is 25.7 Å². The smallest absolute Gasteiger partial charge is 0.236 e. The van der Waals surface area contributed by atoms with Gasteiger partial charge in [0.2, 0.25) is 5.91 Å². The van der Waals surface area contributed by atoms with Crippen LogP contribution in [0, 0.1) is 0 Å². The number of hydrogen-bond donors (Lipinski definition) is 2. The first-order chi connectivity index (χ1) is 9.06. The van der Waals surface area contributed by atoms with Gasteiger partial charge in [0.25, 0.3) is 0 Å². The zero-order valence-corrected chi connectivity index (χ0v) is 12.1. The molecular weight excluding hydrogens is 244 g/mol. The first-order valence-electron chi connectivity index (χ1n) is 6.57. The van der Waals surface area contributed by atoms with E-state index in [-0.39, 0.29) is 11.9 Å². The third-order valence-corrected chi connectivity index (χ3v) is 2.89. The van der Waals surface area contributed by atoms with Crippen molar-refractivity contribution in [1.29, 1.82) is 0 Å². The first kappa shape index (κ1) is 15.7. The second-order valence-electron chi connectivity index (χ2n) is 4.77. The summed E-state index contributed by atoms with van der Waals surface area (Å²) >= 11 is 0. The first-order valence-corrected chi connectivity index (χ1v) is 6.57.